The van der Waals surface area contributed by atoms with Gasteiger partial charge in [0.05, 0.1) is 5.41 Å². The zero-order valence-electron chi connectivity index (χ0n) is 13.8. The molecule has 0 spiro atoms. The Labute approximate surface area is 128 Å². The number of amides is 2. The number of carbonyl (C=O) groups excluding carboxylic acids is 2. The maximum absolute atomic E-state index is 12.7. The van der Waals surface area contributed by atoms with Gasteiger partial charge in [-0.2, -0.15) is 0 Å². The largest absolute Gasteiger partial charge is 0.356 e. The Morgan fingerprint density at radius 3 is 2.19 bits per heavy atom. The van der Waals surface area contributed by atoms with Gasteiger partial charge in [-0.3, -0.25) is 9.59 Å². The van der Waals surface area contributed by atoms with Crippen LogP contribution in [0.15, 0.2) is 0 Å². The molecule has 1 fully saturated rings. The van der Waals surface area contributed by atoms with Crippen LogP contribution in [0.4, 0.5) is 0 Å². The maximum atomic E-state index is 12.7. The molecule has 1 aliphatic heterocycles. The Balaban J connectivity index is 2.56. The van der Waals surface area contributed by atoms with E-state index in [1.54, 1.807) is 0 Å². The van der Waals surface area contributed by atoms with Crippen LogP contribution in [0.3, 0.4) is 0 Å². The summed E-state index contributed by atoms with van der Waals surface area (Å²) in [6.45, 7) is 8.58. The number of nitrogens with zero attached hydrogens (tertiary/aromatic N) is 1. The molecule has 0 aromatic heterocycles. The second-order valence-electron chi connectivity index (χ2n) is 6.05. The molecule has 1 rings (SSSR count). The summed E-state index contributed by atoms with van der Waals surface area (Å²) < 4.78 is 0. The van der Waals surface area contributed by atoms with Crippen molar-refractivity contribution in [1.82, 2.24) is 10.2 Å². The molecule has 0 unspecified atom stereocenters. The van der Waals surface area contributed by atoms with E-state index in [9.17, 15) is 9.59 Å². The summed E-state index contributed by atoms with van der Waals surface area (Å²) in [7, 11) is 0. The van der Waals surface area contributed by atoms with Crippen LogP contribution in [0.25, 0.3) is 0 Å². The highest BCUT2D eigenvalue weighted by Crippen LogP contribution is 2.30. The van der Waals surface area contributed by atoms with E-state index in [1.807, 2.05) is 25.7 Å². The van der Waals surface area contributed by atoms with E-state index >= 15 is 0 Å². The second-order valence-corrected chi connectivity index (χ2v) is 6.05. The number of rotatable bonds is 7. The van der Waals surface area contributed by atoms with Crippen LogP contribution in [-0.2, 0) is 9.59 Å². The van der Waals surface area contributed by atoms with Gasteiger partial charge in [0.15, 0.2) is 0 Å². The predicted octanol–water partition coefficient (Wildman–Crippen LogP) is 1.52. The highest BCUT2D eigenvalue weighted by molar-refractivity contribution is 5.84. The molecule has 1 aliphatic rings. The second kappa shape index (κ2) is 8.37. The molecule has 0 radical (unpaired) electrons. The quantitative estimate of drug-likeness (QED) is 0.748. The van der Waals surface area contributed by atoms with Crippen LogP contribution in [0.5, 0.6) is 0 Å². The monoisotopic (exact) mass is 297 g/mol. The Bertz CT molecular complexity index is 337. The lowest BCUT2D eigenvalue weighted by atomic mass is 9.80. The summed E-state index contributed by atoms with van der Waals surface area (Å²) in [4.78, 5) is 26.6. The number of nitrogens with two attached hydrogens (primary N) is 1. The standard InChI is InChI=1S/C16H31N3O2/c1-4-9-18-14(20)13-7-10-19(11-8-13)15(21)16(5-2,6-3)12-17/h13H,4-12,17H2,1-3H3,(H,18,20). The van der Waals surface area contributed by atoms with Crippen molar-refractivity contribution in [3.8, 4) is 0 Å². The molecule has 0 aromatic rings. The van der Waals surface area contributed by atoms with E-state index in [2.05, 4.69) is 5.32 Å². The number of carbonyl (C=O) groups is 2. The van der Waals surface area contributed by atoms with E-state index in [-0.39, 0.29) is 17.7 Å². The van der Waals surface area contributed by atoms with Gasteiger partial charge in [-0.1, -0.05) is 20.8 Å². The number of piperidine rings is 1. The molecule has 5 heteroatoms. The first-order valence-corrected chi connectivity index (χ1v) is 8.31. The minimum atomic E-state index is -0.419. The Kier molecular flexibility index (Phi) is 7.15. The summed E-state index contributed by atoms with van der Waals surface area (Å²) in [5.41, 5.74) is 5.44. The van der Waals surface area contributed by atoms with Gasteiger partial charge in [0.2, 0.25) is 11.8 Å². The first-order chi connectivity index (χ1) is 10.0. The Hall–Kier alpha value is -1.10. The molecule has 0 atom stereocenters. The zero-order chi connectivity index (χ0) is 15.9. The lowest BCUT2D eigenvalue weighted by molar-refractivity contribution is -0.145. The number of hydrogen-bond acceptors (Lipinski definition) is 3. The highest BCUT2D eigenvalue weighted by atomic mass is 16.2. The molecule has 1 heterocycles. The van der Waals surface area contributed by atoms with Gasteiger partial charge >= 0.3 is 0 Å². The average molecular weight is 297 g/mol. The van der Waals surface area contributed by atoms with Gasteiger partial charge in [0, 0.05) is 32.1 Å². The van der Waals surface area contributed by atoms with Crippen LogP contribution < -0.4 is 11.1 Å². The van der Waals surface area contributed by atoms with Gasteiger partial charge in [0.1, 0.15) is 0 Å². The van der Waals surface area contributed by atoms with E-state index < -0.39 is 5.41 Å². The van der Waals surface area contributed by atoms with Crippen molar-refractivity contribution in [3.63, 3.8) is 0 Å². The SMILES string of the molecule is CCCNC(=O)C1CCN(C(=O)C(CC)(CC)CN)CC1. The summed E-state index contributed by atoms with van der Waals surface area (Å²) in [5, 5.41) is 2.95. The first kappa shape index (κ1) is 18.0. The topological polar surface area (TPSA) is 75.4 Å². The predicted molar refractivity (Wildman–Crippen MR) is 84.7 cm³/mol. The third kappa shape index (κ3) is 4.19. The average Bonchev–Trinajstić information content (AvgIpc) is 2.54. The summed E-state index contributed by atoms with van der Waals surface area (Å²) in [6.07, 6.45) is 4.02. The third-order valence-corrected chi connectivity index (χ3v) is 4.90. The van der Waals surface area contributed by atoms with Crippen molar-refractivity contribution >= 4 is 11.8 Å². The van der Waals surface area contributed by atoms with Crippen LogP contribution in [0, 0.1) is 11.3 Å². The first-order valence-electron chi connectivity index (χ1n) is 8.31. The number of nitrogens with one attached hydrogen (secondary N) is 1. The highest BCUT2D eigenvalue weighted by Gasteiger charge is 2.38. The fourth-order valence-electron chi connectivity index (χ4n) is 3.00. The van der Waals surface area contributed by atoms with Gasteiger partial charge < -0.3 is 16.0 Å². The molecule has 3 N–H and O–H groups in total. The van der Waals surface area contributed by atoms with Crippen molar-refractivity contribution < 1.29 is 9.59 Å². The number of hydrogen-bond donors (Lipinski definition) is 2. The van der Waals surface area contributed by atoms with Crippen molar-refractivity contribution in [2.45, 2.75) is 52.9 Å². The van der Waals surface area contributed by atoms with Crippen LogP contribution in [-0.4, -0.2) is 42.9 Å². The van der Waals surface area contributed by atoms with E-state index in [4.69, 9.17) is 5.73 Å². The Morgan fingerprint density at radius 2 is 1.76 bits per heavy atom. The summed E-state index contributed by atoms with van der Waals surface area (Å²) in [5.74, 6) is 0.360. The molecule has 5 nitrogen and oxygen atoms in total. The van der Waals surface area contributed by atoms with Crippen molar-refractivity contribution in [3.05, 3.63) is 0 Å². The molecule has 21 heavy (non-hydrogen) atoms. The molecule has 0 aromatic carbocycles. The number of likely N-dealkylation sites (tertiary alicyclic amines) is 1. The summed E-state index contributed by atoms with van der Waals surface area (Å²) >= 11 is 0. The molecule has 1 saturated heterocycles. The summed E-state index contributed by atoms with van der Waals surface area (Å²) in [6, 6.07) is 0. The molecular formula is C16H31N3O2. The lowest BCUT2D eigenvalue weighted by Crippen LogP contribution is -2.51. The van der Waals surface area contributed by atoms with E-state index in [0.717, 1.165) is 38.6 Å². The Morgan fingerprint density at radius 1 is 1.19 bits per heavy atom. The molecular weight excluding hydrogens is 266 g/mol. The molecule has 0 saturated carbocycles. The van der Waals surface area contributed by atoms with Crippen molar-refractivity contribution in [2.75, 3.05) is 26.2 Å². The van der Waals surface area contributed by atoms with Crippen LogP contribution in [0.1, 0.15) is 52.9 Å². The molecule has 2 amide bonds. The van der Waals surface area contributed by atoms with Crippen molar-refractivity contribution in [1.29, 1.82) is 0 Å². The van der Waals surface area contributed by atoms with Gasteiger partial charge in [-0.15, -0.1) is 0 Å². The van der Waals surface area contributed by atoms with Crippen LogP contribution in [0.2, 0.25) is 0 Å². The van der Waals surface area contributed by atoms with E-state index in [0.29, 0.717) is 19.6 Å². The molecule has 122 valence electrons. The third-order valence-electron chi connectivity index (χ3n) is 4.90. The maximum Gasteiger partial charge on any atom is 0.230 e. The molecule has 0 bridgehead atoms. The van der Waals surface area contributed by atoms with Gasteiger partial charge in [0.25, 0.3) is 0 Å². The van der Waals surface area contributed by atoms with Gasteiger partial charge in [-0.25, -0.2) is 0 Å². The smallest absolute Gasteiger partial charge is 0.230 e. The molecule has 0 aliphatic carbocycles. The minimum Gasteiger partial charge on any atom is -0.356 e. The lowest BCUT2D eigenvalue weighted by Gasteiger charge is -2.38. The fraction of sp³-hybridized carbons (Fsp3) is 0.875. The fourth-order valence-corrected chi connectivity index (χ4v) is 3.00. The van der Waals surface area contributed by atoms with Crippen LogP contribution >= 0.6 is 0 Å². The van der Waals surface area contributed by atoms with Gasteiger partial charge in [-0.05, 0) is 32.1 Å². The van der Waals surface area contributed by atoms with Crippen molar-refractivity contribution in [2.24, 2.45) is 17.1 Å². The van der Waals surface area contributed by atoms with E-state index in [1.165, 1.54) is 0 Å². The minimum absolute atomic E-state index is 0.0520. The normalized spacial score (nSPS) is 16.9. The zero-order valence-corrected chi connectivity index (χ0v) is 13.8.